The highest BCUT2D eigenvalue weighted by Crippen LogP contribution is 2.41. The molecule has 0 aliphatic carbocycles. The Morgan fingerprint density at radius 2 is 1.81 bits per heavy atom. The van der Waals surface area contributed by atoms with Crippen molar-refractivity contribution < 1.29 is 33.3 Å². The molecule has 1 aliphatic heterocycles. The minimum atomic E-state index is -1.21. The van der Waals surface area contributed by atoms with E-state index in [1.165, 1.54) is 30.5 Å². The second kappa shape index (κ2) is 9.61. The smallest absolute Gasteiger partial charge is 0.303 e. The van der Waals surface area contributed by atoms with Gasteiger partial charge in [-0.05, 0) is 22.8 Å². The number of carbonyl (C=O) groups excluding carboxylic acids is 3. The zero-order valence-electron chi connectivity index (χ0n) is 17.0. The average Bonchev–Trinajstić information content (AvgIpc) is 3.18. The van der Waals surface area contributed by atoms with Crippen LogP contribution in [0.5, 0.6) is 0 Å². The van der Waals surface area contributed by atoms with Gasteiger partial charge >= 0.3 is 17.9 Å². The van der Waals surface area contributed by atoms with Crippen molar-refractivity contribution >= 4 is 58.1 Å². The number of nitrogens with zero attached hydrogens (tertiary/aromatic N) is 5. The van der Waals surface area contributed by atoms with E-state index in [2.05, 4.69) is 15.0 Å². The van der Waals surface area contributed by atoms with Gasteiger partial charge in [0.2, 0.25) is 0 Å². The lowest BCUT2D eigenvalue weighted by Crippen LogP contribution is -2.40. The Hall–Kier alpha value is -3.05. The Labute approximate surface area is 190 Å². The summed E-state index contributed by atoms with van der Waals surface area (Å²) in [5, 5.41) is 4.01. The molecule has 1 fully saturated rings. The van der Waals surface area contributed by atoms with E-state index >= 15 is 0 Å². The number of ether oxygens (including phenoxy) is 4. The summed E-state index contributed by atoms with van der Waals surface area (Å²) >= 11 is 12.4. The minimum absolute atomic E-state index is 0.163. The number of hydrogen-bond acceptors (Lipinski definition) is 9. The second-order valence-electron chi connectivity index (χ2n) is 6.74. The van der Waals surface area contributed by atoms with Gasteiger partial charge in [0, 0.05) is 30.7 Å². The molecule has 0 spiro atoms. The maximum Gasteiger partial charge on any atom is 0.303 e. The van der Waals surface area contributed by atoms with Crippen LogP contribution < -0.4 is 0 Å². The fraction of sp³-hybridized carbons (Fsp3) is 0.444. The normalized spacial score (nSPS) is 22.3. The molecule has 1 saturated heterocycles. The number of hydrogen-bond donors (Lipinski definition) is 0. The highest BCUT2D eigenvalue weighted by Gasteiger charge is 2.51. The van der Waals surface area contributed by atoms with E-state index in [1.807, 2.05) is 0 Å². The second-order valence-corrected chi connectivity index (χ2v) is 7.59. The Kier molecular flexibility index (Phi) is 7.09. The molecular weight excluding hydrogens is 469 g/mol. The topological polar surface area (TPSA) is 155 Å². The van der Waals surface area contributed by atoms with E-state index in [1.54, 1.807) is 0 Å². The van der Waals surface area contributed by atoms with Crippen molar-refractivity contribution in [3.05, 3.63) is 32.6 Å². The third-order valence-corrected chi connectivity index (χ3v) is 4.93. The number of azide groups is 1. The van der Waals surface area contributed by atoms with E-state index in [9.17, 15) is 14.4 Å². The maximum atomic E-state index is 11.8. The molecule has 170 valence electrons. The predicted octanol–water partition coefficient (Wildman–Crippen LogP) is 3.61. The Bertz CT molecular complexity index is 1130. The van der Waals surface area contributed by atoms with Crippen molar-refractivity contribution in [1.29, 1.82) is 0 Å². The largest absolute Gasteiger partial charge is 0.463 e. The van der Waals surface area contributed by atoms with E-state index in [-0.39, 0.29) is 28.1 Å². The summed E-state index contributed by atoms with van der Waals surface area (Å²) < 4.78 is 23.1. The molecule has 0 saturated carbocycles. The number of imidazole rings is 1. The van der Waals surface area contributed by atoms with Gasteiger partial charge in [-0.1, -0.05) is 23.2 Å². The van der Waals surface area contributed by atoms with Crippen LogP contribution in [0.15, 0.2) is 17.2 Å². The quantitative estimate of drug-likeness (QED) is 0.197. The Balaban J connectivity index is 2.18. The number of rotatable bonds is 6. The Morgan fingerprint density at radius 3 is 2.41 bits per heavy atom. The van der Waals surface area contributed by atoms with Crippen LogP contribution in [0, 0.1) is 0 Å². The summed E-state index contributed by atoms with van der Waals surface area (Å²) in [6.07, 6.45) is -4.56. The van der Waals surface area contributed by atoms with E-state index in [4.69, 9.17) is 47.7 Å². The average molecular weight is 486 g/mol. The van der Waals surface area contributed by atoms with Gasteiger partial charge in [-0.25, -0.2) is 4.98 Å². The number of halogens is 2. The van der Waals surface area contributed by atoms with Gasteiger partial charge < -0.3 is 18.9 Å². The molecule has 0 bridgehead atoms. The first-order valence-electron chi connectivity index (χ1n) is 9.17. The summed E-state index contributed by atoms with van der Waals surface area (Å²) in [5.74, 6) is -2.13. The number of benzene rings is 1. The highest BCUT2D eigenvalue weighted by atomic mass is 35.5. The van der Waals surface area contributed by atoms with E-state index in [0.717, 1.165) is 6.92 Å². The van der Waals surface area contributed by atoms with Gasteiger partial charge in [0.25, 0.3) is 0 Å². The third-order valence-electron chi connectivity index (χ3n) is 4.42. The molecule has 2 aromatic rings. The van der Waals surface area contributed by atoms with E-state index in [0.29, 0.717) is 5.52 Å². The Morgan fingerprint density at radius 1 is 1.16 bits per heavy atom. The lowest BCUT2D eigenvalue weighted by atomic mass is 10.1. The van der Waals surface area contributed by atoms with Crippen molar-refractivity contribution in [3.63, 3.8) is 0 Å². The first-order valence-corrected chi connectivity index (χ1v) is 9.93. The lowest BCUT2D eigenvalue weighted by molar-refractivity contribution is -0.166. The summed E-state index contributed by atoms with van der Waals surface area (Å²) in [6, 6.07) is 2.95. The van der Waals surface area contributed by atoms with Crippen molar-refractivity contribution in [2.45, 2.75) is 45.3 Å². The van der Waals surface area contributed by atoms with Gasteiger partial charge in [0.05, 0.1) is 10.5 Å². The molecule has 1 aromatic heterocycles. The van der Waals surface area contributed by atoms with Gasteiger partial charge in [0.15, 0.2) is 24.4 Å². The molecule has 12 nitrogen and oxygen atoms in total. The van der Waals surface area contributed by atoms with Crippen LogP contribution in [0.4, 0.5) is 5.95 Å². The molecule has 32 heavy (non-hydrogen) atoms. The monoisotopic (exact) mass is 485 g/mol. The predicted molar refractivity (Wildman–Crippen MR) is 110 cm³/mol. The SMILES string of the molecule is CC(=O)OC[C@H]1O[C@@H](n2c(N=[N+]=[N-])nc3c(Cl)cc(Cl)cc32)[C@H](OC(C)=O)[C@@H]1OC(C)=O. The van der Waals surface area contributed by atoms with E-state index < -0.39 is 42.4 Å². The molecule has 2 heterocycles. The summed E-state index contributed by atoms with van der Waals surface area (Å²) in [6.45, 7) is 3.23. The zero-order chi connectivity index (χ0) is 23.6. The zero-order valence-corrected chi connectivity index (χ0v) is 18.5. The maximum absolute atomic E-state index is 11.8. The van der Waals surface area contributed by atoms with Crippen LogP contribution in [-0.2, 0) is 33.3 Å². The van der Waals surface area contributed by atoms with Crippen molar-refractivity contribution in [1.82, 2.24) is 9.55 Å². The molecule has 3 rings (SSSR count). The van der Waals surface area contributed by atoms with Crippen LogP contribution in [-0.4, -0.2) is 52.4 Å². The van der Waals surface area contributed by atoms with Gasteiger partial charge in [-0.3, -0.25) is 19.0 Å². The molecule has 14 heteroatoms. The molecule has 0 radical (unpaired) electrons. The molecule has 0 amide bonds. The van der Waals surface area contributed by atoms with Crippen LogP contribution in [0.3, 0.4) is 0 Å². The van der Waals surface area contributed by atoms with Gasteiger partial charge in [-0.15, -0.1) is 0 Å². The fourth-order valence-electron chi connectivity index (χ4n) is 3.37. The first-order chi connectivity index (χ1) is 15.1. The molecule has 0 unspecified atom stereocenters. The number of esters is 3. The standard InChI is InChI=1S/C18H17Cl2N5O7/c1-7(26)29-6-13-15(30-8(2)27)16(31-9(3)28)17(32-13)25-12-5-10(19)4-11(20)14(12)22-18(25)23-24-21/h4-5,13,15-17H,6H2,1-3H3/t13-,15-,16-,17-/m1/s1. The molecular formula is C18H17Cl2N5O7. The number of carbonyl (C=O) groups is 3. The van der Waals surface area contributed by atoms with Gasteiger partial charge in [0.1, 0.15) is 18.2 Å². The fourth-order valence-corrected chi connectivity index (χ4v) is 3.90. The first kappa shape index (κ1) is 23.6. The van der Waals surface area contributed by atoms with Crippen LogP contribution in [0.2, 0.25) is 10.0 Å². The number of fused-ring (bicyclic) bond motifs is 1. The number of aromatic nitrogens is 2. The van der Waals surface area contributed by atoms with Crippen LogP contribution in [0.25, 0.3) is 21.5 Å². The molecule has 1 aromatic carbocycles. The van der Waals surface area contributed by atoms with Gasteiger partial charge in [-0.2, -0.15) is 0 Å². The van der Waals surface area contributed by atoms with Crippen molar-refractivity contribution in [3.8, 4) is 0 Å². The third kappa shape index (κ3) is 4.89. The lowest BCUT2D eigenvalue weighted by Gasteiger charge is -2.24. The van der Waals surface area contributed by atoms with Crippen LogP contribution >= 0.6 is 23.2 Å². The summed E-state index contributed by atoms with van der Waals surface area (Å²) in [4.78, 5) is 41.9. The van der Waals surface area contributed by atoms with Crippen molar-refractivity contribution in [2.24, 2.45) is 5.11 Å². The molecule has 0 N–H and O–H groups in total. The minimum Gasteiger partial charge on any atom is -0.463 e. The molecule has 4 atom stereocenters. The molecule has 1 aliphatic rings. The summed E-state index contributed by atoms with van der Waals surface area (Å²) in [5.41, 5.74) is 9.56. The van der Waals surface area contributed by atoms with Crippen molar-refractivity contribution in [2.75, 3.05) is 6.61 Å². The highest BCUT2D eigenvalue weighted by molar-refractivity contribution is 6.38. The summed E-state index contributed by atoms with van der Waals surface area (Å²) in [7, 11) is 0. The van der Waals surface area contributed by atoms with Crippen LogP contribution in [0.1, 0.15) is 27.0 Å².